The Labute approximate surface area is 119 Å². The lowest BCUT2D eigenvalue weighted by atomic mass is 10.0. The standard InChI is InChI=1S/C14H23NO5/c1-10(7-14(17)18)6-13(16)15-4-2-11(3-5-15)20-12-8-19-9-12/h10-12H,2-9H2,1H3,(H,17,18). The van der Waals surface area contributed by atoms with Crippen LogP contribution in [-0.2, 0) is 19.1 Å². The maximum Gasteiger partial charge on any atom is 0.303 e. The quantitative estimate of drug-likeness (QED) is 0.784. The predicted molar refractivity (Wildman–Crippen MR) is 71.3 cm³/mol. The van der Waals surface area contributed by atoms with Gasteiger partial charge in [0.05, 0.1) is 19.3 Å². The lowest BCUT2D eigenvalue weighted by molar-refractivity contribution is -0.165. The van der Waals surface area contributed by atoms with E-state index < -0.39 is 5.97 Å². The highest BCUT2D eigenvalue weighted by Gasteiger charge is 2.28. The first-order valence-electron chi connectivity index (χ1n) is 7.27. The molecule has 1 amide bonds. The fourth-order valence-corrected chi connectivity index (χ4v) is 2.60. The summed E-state index contributed by atoms with van der Waals surface area (Å²) in [5.74, 6) is -0.898. The summed E-state index contributed by atoms with van der Waals surface area (Å²) in [5.41, 5.74) is 0. The van der Waals surface area contributed by atoms with E-state index in [1.165, 1.54) is 0 Å². The molecule has 0 bridgehead atoms. The van der Waals surface area contributed by atoms with Crippen molar-refractivity contribution in [1.82, 2.24) is 4.90 Å². The zero-order chi connectivity index (χ0) is 14.5. The Morgan fingerprint density at radius 3 is 2.40 bits per heavy atom. The number of ether oxygens (including phenoxy) is 2. The number of carbonyl (C=O) groups excluding carboxylic acids is 1. The predicted octanol–water partition coefficient (Wildman–Crippen LogP) is 0.894. The number of rotatable bonds is 6. The molecule has 2 aliphatic rings. The summed E-state index contributed by atoms with van der Waals surface area (Å²) < 4.78 is 10.9. The fraction of sp³-hybridized carbons (Fsp3) is 0.857. The largest absolute Gasteiger partial charge is 0.481 e. The van der Waals surface area contributed by atoms with E-state index in [2.05, 4.69) is 0 Å². The number of aliphatic carboxylic acids is 1. The monoisotopic (exact) mass is 285 g/mol. The van der Waals surface area contributed by atoms with Gasteiger partial charge in [-0.1, -0.05) is 6.92 Å². The molecule has 6 nitrogen and oxygen atoms in total. The topological polar surface area (TPSA) is 76.1 Å². The average molecular weight is 285 g/mol. The van der Waals surface area contributed by atoms with Gasteiger partial charge >= 0.3 is 5.97 Å². The molecule has 1 N–H and O–H groups in total. The fourth-order valence-electron chi connectivity index (χ4n) is 2.60. The molecule has 0 aromatic heterocycles. The van der Waals surface area contributed by atoms with Crippen molar-refractivity contribution in [1.29, 1.82) is 0 Å². The van der Waals surface area contributed by atoms with Crippen LogP contribution in [0, 0.1) is 5.92 Å². The van der Waals surface area contributed by atoms with E-state index in [1.807, 2.05) is 4.90 Å². The lowest BCUT2D eigenvalue weighted by Crippen LogP contribution is -2.45. The molecule has 1 unspecified atom stereocenters. The van der Waals surface area contributed by atoms with Crippen LogP contribution in [0.1, 0.15) is 32.6 Å². The molecule has 0 saturated carbocycles. The van der Waals surface area contributed by atoms with E-state index >= 15 is 0 Å². The summed E-state index contributed by atoms with van der Waals surface area (Å²) in [4.78, 5) is 24.5. The van der Waals surface area contributed by atoms with Crippen molar-refractivity contribution < 1.29 is 24.2 Å². The average Bonchev–Trinajstić information content (AvgIpc) is 2.33. The third-order valence-corrected chi connectivity index (χ3v) is 3.83. The highest BCUT2D eigenvalue weighted by molar-refractivity contribution is 5.77. The zero-order valence-corrected chi connectivity index (χ0v) is 11.9. The molecule has 6 heteroatoms. The van der Waals surface area contributed by atoms with Gasteiger partial charge in [0.15, 0.2) is 0 Å². The molecule has 0 radical (unpaired) electrons. The van der Waals surface area contributed by atoms with Gasteiger partial charge in [0.2, 0.25) is 5.91 Å². The first kappa shape index (κ1) is 15.3. The Balaban J connectivity index is 1.66. The summed E-state index contributed by atoms with van der Waals surface area (Å²) in [6.45, 7) is 4.59. The maximum absolute atomic E-state index is 12.1. The molecule has 20 heavy (non-hydrogen) atoms. The van der Waals surface area contributed by atoms with Crippen LogP contribution in [0.4, 0.5) is 0 Å². The van der Waals surface area contributed by atoms with Crippen LogP contribution in [0.25, 0.3) is 0 Å². The van der Waals surface area contributed by atoms with E-state index in [1.54, 1.807) is 6.92 Å². The van der Waals surface area contributed by atoms with Gasteiger partial charge in [-0.15, -0.1) is 0 Å². The van der Waals surface area contributed by atoms with Crippen LogP contribution < -0.4 is 0 Å². The minimum absolute atomic E-state index is 0.0486. The molecule has 0 aromatic rings. The molecule has 2 rings (SSSR count). The first-order chi connectivity index (χ1) is 9.54. The molecule has 2 fully saturated rings. The SMILES string of the molecule is CC(CC(=O)O)CC(=O)N1CCC(OC2COC2)CC1. The second kappa shape index (κ2) is 7.04. The summed E-state index contributed by atoms with van der Waals surface area (Å²) in [7, 11) is 0. The lowest BCUT2D eigenvalue weighted by Gasteiger charge is -2.36. The van der Waals surface area contributed by atoms with E-state index in [9.17, 15) is 9.59 Å². The van der Waals surface area contributed by atoms with Crippen LogP contribution in [0.2, 0.25) is 0 Å². The highest BCUT2D eigenvalue weighted by Crippen LogP contribution is 2.20. The number of nitrogens with zero attached hydrogens (tertiary/aromatic N) is 1. The molecule has 0 aliphatic carbocycles. The summed E-state index contributed by atoms with van der Waals surface area (Å²) in [6, 6.07) is 0. The second-order valence-electron chi connectivity index (χ2n) is 5.78. The van der Waals surface area contributed by atoms with Crippen molar-refractivity contribution in [2.75, 3.05) is 26.3 Å². The summed E-state index contributed by atoms with van der Waals surface area (Å²) >= 11 is 0. The molecule has 0 spiro atoms. The first-order valence-corrected chi connectivity index (χ1v) is 7.27. The molecular formula is C14H23NO5. The molecule has 114 valence electrons. The normalized spacial score (nSPS) is 22.4. The van der Waals surface area contributed by atoms with Gasteiger partial charge in [-0.2, -0.15) is 0 Å². The van der Waals surface area contributed by atoms with E-state index in [0.29, 0.717) is 32.7 Å². The van der Waals surface area contributed by atoms with Crippen molar-refractivity contribution >= 4 is 11.9 Å². The minimum Gasteiger partial charge on any atom is -0.481 e. The van der Waals surface area contributed by atoms with Crippen molar-refractivity contribution in [3.8, 4) is 0 Å². The minimum atomic E-state index is -0.847. The maximum atomic E-state index is 12.1. The van der Waals surface area contributed by atoms with E-state index in [0.717, 1.165) is 12.8 Å². The Morgan fingerprint density at radius 1 is 1.25 bits per heavy atom. The van der Waals surface area contributed by atoms with Crippen LogP contribution in [-0.4, -0.2) is 60.4 Å². The Bertz CT molecular complexity index is 347. The van der Waals surface area contributed by atoms with Gasteiger partial charge in [0.25, 0.3) is 0 Å². The highest BCUT2D eigenvalue weighted by atomic mass is 16.6. The van der Waals surface area contributed by atoms with Crippen LogP contribution in [0.15, 0.2) is 0 Å². The molecular weight excluding hydrogens is 262 g/mol. The summed E-state index contributed by atoms with van der Waals surface area (Å²) in [6.07, 6.45) is 2.54. The Hall–Kier alpha value is -1.14. The summed E-state index contributed by atoms with van der Waals surface area (Å²) in [5, 5.41) is 8.70. The van der Waals surface area contributed by atoms with E-state index in [4.69, 9.17) is 14.6 Å². The van der Waals surface area contributed by atoms with Crippen molar-refractivity contribution in [3.63, 3.8) is 0 Å². The van der Waals surface area contributed by atoms with Crippen molar-refractivity contribution in [2.24, 2.45) is 5.92 Å². The van der Waals surface area contributed by atoms with Gasteiger partial charge in [-0.3, -0.25) is 9.59 Å². The van der Waals surface area contributed by atoms with E-state index in [-0.39, 0.29) is 30.5 Å². The van der Waals surface area contributed by atoms with Crippen LogP contribution >= 0.6 is 0 Å². The number of piperidine rings is 1. The van der Waals surface area contributed by atoms with Gasteiger partial charge in [0.1, 0.15) is 6.10 Å². The third-order valence-electron chi connectivity index (χ3n) is 3.83. The van der Waals surface area contributed by atoms with Crippen LogP contribution in [0.3, 0.4) is 0 Å². The van der Waals surface area contributed by atoms with Crippen LogP contribution in [0.5, 0.6) is 0 Å². The number of carboxylic acids is 1. The Kier molecular flexibility index (Phi) is 5.37. The van der Waals surface area contributed by atoms with Gasteiger partial charge in [-0.05, 0) is 18.8 Å². The number of carboxylic acid groups (broad SMARTS) is 1. The number of hydrogen-bond acceptors (Lipinski definition) is 4. The number of hydrogen-bond donors (Lipinski definition) is 1. The van der Waals surface area contributed by atoms with Gasteiger partial charge < -0.3 is 19.5 Å². The molecule has 2 saturated heterocycles. The zero-order valence-electron chi connectivity index (χ0n) is 11.9. The van der Waals surface area contributed by atoms with Crippen molar-refractivity contribution in [2.45, 2.75) is 44.8 Å². The Morgan fingerprint density at radius 2 is 1.90 bits per heavy atom. The number of carbonyl (C=O) groups is 2. The smallest absolute Gasteiger partial charge is 0.303 e. The molecule has 1 atom stereocenters. The number of amides is 1. The van der Waals surface area contributed by atoms with Gasteiger partial charge in [0, 0.05) is 25.9 Å². The molecule has 0 aromatic carbocycles. The van der Waals surface area contributed by atoms with Gasteiger partial charge in [-0.25, -0.2) is 0 Å². The van der Waals surface area contributed by atoms with Crippen molar-refractivity contribution in [3.05, 3.63) is 0 Å². The second-order valence-corrected chi connectivity index (χ2v) is 5.78. The number of likely N-dealkylation sites (tertiary alicyclic amines) is 1. The third kappa shape index (κ3) is 4.45. The molecule has 2 aliphatic heterocycles. The molecule has 2 heterocycles.